The minimum Gasteiger partial charge on any atom is -0.392 e. The van der Waals surface area contributed by atoms with E-state index in [2.05, 4.69) is 4.90 Å². The van der Waals surface area contributed by atoms with Crippen LogP contribution >= 0.6 is 12.2 Å². The first-order valence-electron chi connectivity index (χ1n) is 6.99. The molecule has 2 aliphatic heterocycles. The van der Waals surface area contributed by atoms with Gasteiger partial charge in [0.2, 0.25) is 5.91 Å². The maximum atomic E-state index is 12.2. The highest BCUT2D eigenvalue weighted by molar-refractivity contribution is 7.80. The van der Waals surface area contributed by atoms with Crippen molar-refractivity contribution >= 4 is 23.1 Å². The monoisotopic (exact) mass is 269 g/mol. The molecule has 2 rings (SSSR count). The van der Waals surface area contributed by atoms with E-state index < -0.39 is 0 Å². The van der Waals surface area contributed by atoms with Gasteiger partial charge in [-0.2, -0.15) is 0 Å². The maximum absolute atomic E-state index is 12.2. The fourth-order valence-electron chi connectivity index (χ4n) is 2.92. The van der Waals surface area contributed by atoms with Crippen molar-refractivity contribution in [2.24, 2.45) is 5.73 Å². The fourth-order valence-corrected chi connectivity index (χ4v) is 3.19. The Morgan fingerprint density at radius 1 is 1.11 bits per heavy atom. The van der Waals surface area contributed by atoms with Crippen molar-refractivity contribution in [3.05, 3.63) is 0 Å². The van der Waals surface area contributed by atoms with Gasteiger partial charge in [-0.15, -0.1) is 0 Å². The van der Waals surface area contributed by atoms with Gasteiger partial charge in [0, 0.05) is 13.1 Å². The van der Waals surface area contributed by atoms with Crippen LogP contribution in [0.3, 0.4) is 0 Å². The molecule has 1 amide bonds. The molecule has 18 heavy (non-hydrogen) atoms. The minimum atomic E-state index is 0.127. The third kappa shape index (κ3) is 3.42. The predicted molar refractivity (Wildman–Crippen MR) is 76.4 cm³/mol. The van der Waals surface area contributed by atoms with Crippen LogP contribution in [0.1, 0.15) is 38.5 Å². The summed E-state index contributed by atoms with van der Waals surface area (Å²) in [6.07, 6.45) is 6.85. The molecule has 5 heteroatoms. The van der Waals surface area contributed by atoms with Crippen molar-refractivity contribution < 1.29 is 4.79 Å². The zero-order chi connectivity index (χ0) is 13.0. The SMILES string of the molecule is NC(=S)C1CCCCN1CC(=O)N1CCCCC1. The van der Waals surface area contributed by atoms with Crippen LogP contribution in [0.25, 0.3) is 0 Å². The molecule has 0 aliphatic carbocycles. The molecule has 1 atom stereocenters. The number of piperidine rings is 2. The zero-order valence-electron chi connectivity index (χ0n) is 10.9. The third-order valence-electron chi connectivity index (χ3n) is 3.99. The molecule has 2 fully saturated rings. The van der Waals surface area contributed by atoms with Gasteiger partial charge in [0.1, 0.15) is 0 Å². The van der Waals surface area contributed by atoms with Gasteiger partial charge < -0.3 is 10.6 Å². The lowest BCUT2D eigenvalue weighted by Gasteiger charge is -2.36. The molecule has 0 aromatic heterocycles. The number of nitrogens with two attached hydrogens (primary N) is 1. The van der Waals surface area contributed by atoms with Gasteiger partial charge in [-0.25, -0.2) is 0 Å². The average Bonchev–Trinajstić information content (AvgIpc) is 2.40. The van der Waals surface area contributed by atoms with Crippen LogP contribution in [0.15, 0.2) is 0 Å². The number of hydrogen-bond acceptors (Lipinski definition) is 3. The molecule has 0 bridgehead atoms. The Bertz CT molecular complexity index is 315. The van der Waals surface area contributed by atoms with Crippen LogP contribution in [0.4, 0.5) is 0 Å². The Labute approximate surface area is 114 Å². The number of rotatable bonds is 3. The molecular weight excluding hydrogens is 246 g/mol. The summed E-state index contributed by atoms with van der Waals surface area (Å²) in [6.45, 7) is 3.28. The number of thiocarbonyl (C=S) groups is 1. The first-order valence-corrected chi connectivity index (χ1v) is 7.40. The lowest BCUT2D eigenvalue weighted by Crippen LogP contribution is -2.51. The van der Waals surface area contributed by atoms with Gasteiger partial charge in [0.15, 0.2) is 0 Å². The maximum Gasteiger partial charge on any atom is 0.236 e. The third-order valence-corrected chi connectivity index (χ3v) is 4.26. The molecule has 0 aromatic rings. The summed E-state index contributed by atoms with van der Waals surface area (Å²) in [6, 6.07) is 0.127. The first kappa shape index (κ1) is 13.7. The predicted octanol–water partition coefficient (Wildman–Crippen LogP) is 1.14. The summed E-state index contributed by atoms with van der Waals surface area (Å²) in [7, 11) is 0. The average molecular weight is 269 g/mol. The molecule has 2 N–H and O–H groups in total. The molecule has 2 aliphatic rings. The second-order valence-electron chi connectivity index (χ2n) is 5.33. The fraction of sp³-hybridized carbons (Fsp3) is 0.846. The molecule has 102 valence electrons. The Balaban J connectivity index is 1.89. The quantitative estimate of drug-likeness (QED) is 0.781. The normalized spacial score (nSPS) is 26.0. The highest BCUT2D eigenvalue weighted by Gasteiger charge is 2.28. The molecule has 0 radical (unpaired) electrons. The summed E-state index contributed by atoms with van der Waals surface area (Å²) >= 11 is 5.11. The van der Waals surface area contributed by atoms with E-state index in [1.807, 2.05) is 4.90 Å². The van der Waals surface area contributed by atoms with E-state index in [9.17, 15) is 4.79 Å². The molecule has 2 saturated heterocycles. The smallest absolute Gasteiger partial charge is 0.236 e. The van der Waals surface area contributed by atoms with Crippen LogP contribution in [0.5, 0.6) is 0 Å². The van der Waals surface area contributed by atoms with Gasteiger partial charge >= 0.3 is 0 Å². The van der Waals surface area contributed by atoms with Crippen molar-refractivity contribution in [3.63, 3.8) is 0 Å². The van der Waals surface area contributed by atoms with E-state index in [0.29, 0.717) is 11.5 Å². The van der Waals surface area contributed by atoms with E-state index in [1.54, 1.807) is 0 Å². The molecule has 0 aromatic carbocycles. The van der Waals surface area contributed by atoms with E-state index in [0.717, 1.165) is 51.7 Å². The van der Waals surface area contributed by atoms with Crippen molar-refractivity contribution in [1.82, 2.24) is 9.80 Å². The van der Waals surface area contributed by atoms with Gasteiger partial charge in [-0.1, -0.05) is 18.6 Å². The Kier molecular flexibility index (Phi) is 4.95. The van der Waals surface area contributed by atoms with Gasteiger partial charge in [0.05, 0.1) is 17.6 Å². The molecule has 2 heterocycles. The van der Waals surface area contributed by atoms with Crippen LogP contribution in [-0.2, 0) is 4.79 Å². The number of nitrogens with zero attached hydrogens (tertiary/aromatic N) is 2. The van der Waals surface area contributed by atoms with E-state index in [1.165, 1.54) is 6.42 Å². The Hall–Kier alpha value is -0.680. The van der Waals surface area contributed by atoms with E-state index >= 15 is 0 Å². The summed E-state index contributed by atoms with van der Waals surface area (Å²) < 4.78 is 0. The first-order chi connectivity index (χ1) is 8.68. The zero-order valence-corrected chi connectivity index (χ0v) is 11.8. The van der Waals surface area contributed by atoms with Crippen LogP contribution in [-0.4, -0.2) is 52.9 Å². The molecular formula is C13H23N3OS. The number of likely N-dealkylation sites (tertiary alicyclic amines) is 2. The van der Waals surface area contributed by atoms with Crippen molar-refractivity contribution in [1.29, 1.82) is 0 Å². The molecule has 0 saturated carbocycles. The van der Waals surface area contributed by atoms with Crippen molar-refractivity contribution in [3.8, 4) is 0 Å². The second kappa shape index (κ2) is 6.48. The number of carbonyl (C=O) groups is 1. The summed E-state index contributed by atoms with van der Waals surface area (Å²) in [4.78, 5) is 16.9. The Morgan fingerprint density at radius 2 is 1.78 bits per heavy atom. The highest BCUT2D eigenvalue weighted by atomic mass is 32.1. The van der Waals surface area contributed by atoms with Gasteiger partial charge in [-0.05, 0) is 38.6 Å². The summed E-state index contributed by atoms with van der Waals surface area (Å²) in [5, 5.41) is 0. The minimum absolute atomic E-state index is 0.127. The highest BCUT2D eigenvalue weighted by Crippen LogP contribution is 2.18. The lowest BCUT2D eigenvalue weighted by atomic mass is 10.0. The van der Waals surface area contributed by atoms with E-state index in [4.69, 9.17) is 18.0 Å². The van der Waals surface area contributed by atoms with Crippen LogP contribution in [0.2, 0.25) is 0 Å². The largest absolute Gasteiger partial charge is 0.392 e. The standard InChI is InChI=1S/C13H23N3OS/c14-13(18)11-6-2-5-9-16(11)10-12(17)15-7-3-1-4-8-15/h11H,1-10H2,(H2,14,18). The molecule has 1 unspecified atom stereocenters. The van der Waals surface area contributed by atoms with Gasteiger partial charge in [-0.3, -0.25) is 9.69 Å². The van der Waals surface area contributed by atoms with Crippen molar-refractivity contribution in [2.45, 2.75) is 44.6 Å². The number of amides is 1. The van der Waals surface area contributed by atoms with Crippen LogP contribution in [0, 0.1) is 0 Å². The number of carbonyl (C=O) groups excluding carboxylic acids is 1. The summed E-state index contributed by atoms with van der Waals surface area (Å²) in [5.74, 6) is 0.248. The molecule has 4 nitrogen and oxygen atoms in total. The van der Waals surface area contributed by atoms with Crippen molar-refractivity contribution in [2.75, 3.05) is 26.2 Å². The summed E-state index contributed by atoms with van der Waals surface area (Å²) in [5.41, 5.74) is 5.78. The van der Waals surface area contributed by atoms with E-state index in [-0.39, 0.29) is 11.9 Å². The Morgan fingerprint density at radius 3 is 2.44 bits per heavy atom. The molecule has 0 spiro atoms. The topological polar surface area (TPSA) is 49.6 Å². The lowest BCUT2D eigenvalue weighted by molar-refractivity contribution is -0.133. The second-order valence-corrected chi connectivity index (χ2v) is 5.80. The van der Waals surface area contributed by atoms with Crippen LogP contribution < -0.4 is 5.73 Å². The number of hydrogen-bond donors (Lipinski definition) is 1. The van der Waals surface area contributed by atoms with Gasteiger partial charge in [0.25, 0.3) is 0 Å².